The number of aromatic hydroxyl groups is 1. The lowest BCUT2D eigenvalue weighted by Gasteiger charge is -2.18. The van der Waals surface area contributed by atoms with Crippen LogP contribution in [0.25, 0.3) is 0 Å². The summed E-state index contributed by atoms with van der Waals surface area (Å²) in [5, 5.41) is 16.5. The molecule has 33 heavy (non-hydrogen) atoms. The van der Waals surface area contributed by atoms with Crippen LogP contribution in [0.2, 0.25) is 5.02 Å². The summed E-state index contributed by atoms with van der Waals surface area (Å²) >= 11 is 6.27. The molecular formula is C26H35ClN2O4. The minimum absolute atomic E-state index is 0.175. The molecule has 3 aliphatic rings. The van der Waals surface area contributed by atoms with Crippen molar-refractivity contribution in [1.29, 1.82) is 0 Å². The van der Waals surface area contributed by atoms with E-state index in [-0.39, 0.29) is 5.91 Å². The second-order valence-electron chi connectivity index (χ2n) is 8.53. The van der Waals surface area contributed by atoms with Crippen LogP contribution in [-0.2, 0) is 4.79 Å². The van der Waals surface area contributed by atoms with Crippen molar-refractivity contribution in [2.45, 2.75) is 44.4 Å². The van der Waals surface area contributed by atoms with Gasteiger partial charge in [0.25, 0.3) is 0 Å². The van der Waals surface area contributed by atoms with E-state index in [1.807, 2.05) is 30.3 Å². The minimum atomic E-state index is 0.175. The molecule has 0 aromatic heterocycles. The summed E-state index contributed by atoms with van der Waals surface area (Å²) in [6.45, 7) is 4.73. The van der Waals surface area contributed by atoms with Gasteiger partial charge in [0.05, 0.1) is 5.02 Å². The summed E-state index contributed by atoms with van der Waals surface area (Å²) in [5.74, 6) is 2.03. The zero-order chi connectivity index (χ0) is 23.6. The summed E-state index contributed by atoms with van der Waals surface area (Å²) in [6.07, 6.45) is 6.78. The Balaban J connectivity index is 0.000000212. The zero-order valence-electron chi connectivity index (χ0n) is 19.4. The summed E-state index contributed by atoms with van der Waals surface area (Å²) in [5.41, 5.74) is 2.24. The van der Waals surface area contributed by atoms with Gasteiger partial charge in [-0.1, -0.05) is 23.7 Å². The molecule has 3 fully saturated rings. The average Bonchev–Trinajstić information content (AvgIpc) is 3.38. The van der Waals surface area contributed by atoms with Gasteiger partial charge in [-0.25, -0.2) is 0 Å². The third kappa shape index (κ3) is 7.63. The Labute approximate surface area is 201 Å². The van der Waals surface area contributed by atoms with Gasteiger partial charge in [0.1, 0.15) is 18.1 Å². The zero-order valence-corrected chi connectivity index (χ0v) is 20.1. The molecule has 0 bridgehead atoms. The van der Waals surface area contributed by atoms with Gasteiger partial charge in [0, 0.05) is 32.3 Å². The van der Waals surface area contributed by atoms with Gasteiger partial charge in [-0.3, -0.25) is 9.69 Å². The standard InChI is InChI=1S/C16H21ClN2O2.C9H10O.CH4O/c17-14-12-13(19-9-3-4-16(19)20)5-6-15(14)21-11-10-18-7-1-2-8-18;10-9-5-3-8(4-6-9)7-1-2-7;1-2/h5-6,12H,1-4,7-11H2;3-7,10H,1-2H2;2H,1H3. The first kappa shape index (κ1) is 25.3. The monoisotopic (exact) mass is 474 g/mol. The van der Waals surface area contributed by atoms with E-state index in [0.717, 1.165) is 38.2 Å². The highest BCUT2D eigenvalue weighted by Crippen LogP contribution is 2.40. The van der Waals surface area contributed by atoms with Crippen LogP contribution in [0.5, 0.6) is 11.5 Å². The van der Waals surface area contributed by atoms with Crippen LogP contribution in [-0.4, -0.2) is 60.9 Å². The van der Waals surface area contributed by atoms with E-state index in [4.69, 9.17) is 26.6 Å². The molecule has 180 valence electrons. The molecule has 2 heterocycles. The fourth-order valence-corrected chi connectivity index (χ4v) is 4.38. The lowest BCUT2D eigenvalue weighted by Crippen LogP contribution is -2.25. The number of hydrogen-bond acceptors (Lipinski definition) is 5. The van der Waals surface area contributed by atoms with Gasteiger partial charge in [0.15, 0.2) is 0 Å². The van der Waals surface area contributed by atoms with Crippen molar-refractivity contribution in [2.24, 2.45) is 0 Å². The molecule has 7 heteroatoms. The highest BCUT2D eigenvalue weighted by molar-refractivity contribution is 6.32. The third-order valence-electron chi connectivity index (χ3n) is 6.11. The fraction of sp³-hybridized carbons (Fsp3) is 0.500. The number of aliphatic hydroxyl groups is 1. The Morgan fingerprint density at radius 3 is 2.27 bits per heavy atom. The van der Waals surface area contributed by atoms with Crippen LogP contribution >= 0.6 is 11.6 Å². The Hall–Kier alpha value is -2.28. The van der Waals surface area contributed by atoms with E-state index < -0.39 is 0 Å². The number of likely N-dealkylation sites (tertiary alicyclic amines) is 1. The molecule has 6 nitrogen and oxygen atoms in total. The van der Waals surface area contributed by atoms with Crippen LogP contribution in [0.4, 0.5) is 5.69 Å². The molecule has 0 spiro atoms. The number of carbonyl (C=O) groups is 1. The Morgan fingerprint density at radius 1 is 1.00 bits per heavy atom. The molecule has 2 saturated heterocycles. The largest absolute Gasteiger partial charge is 0.508 e. The number of phenolic OH excluding ortho intramolecular Hbond substituents is 1. The highest BCUT2D eigenvalue weighted by atomic mass is 35.5. The van der Waals surface area contributed by atoms with Crippen molar-refractivity contribution < 1.29 is 19.7 Å². The Kier molecular flexibility index (Phi) is 9.85. The number of amides is 1. The van der Waals surface area contributed by atoms with E-state index in [9.17, 15) is 4.79 Å². The number of aliphatic hydroxyl groups excluding tert-OH is 1. The van der Waals surface area contributed by atoms with Crippen molar-refractivity contribution in [1.82, 2.24) is 4.90 Å². The van der Waals surface area contributed by atoms with Gasteiger partial charge < -0.3 is 19.8 Å². The summed E-state index contributed by atoms with van der Waals surface area (Å²) < 4.78 is 5.77. The lowest BCUT2D eigenvalue weighted by molar-refractivity contribution is -0.117. The number of benzene rings is 2. The normalized spacial score (nSPS) is 17.8. The number of anilines is 1. The number of carbonyl (C=O) groups excluding carboxylic acids is 1. The summed E-state index contributed by atoms with van der Waals surface area (Å²) in [4.78, 5) is 15.9. The molecule has 0 unspecified atom stereocenters. The van der Waals surface area contributed by atoms with Gasteiger partial charge in [-0.15, -0.1) is 0 Å². The Bertz CT molecular complexity index is 880. The predicted octanol–water partition coefficient (Wildman–Crippen LogP) is 4.82. The average molecular weight is 475 g/mol. The van der Waals surface area contributed by atoms with Crippen LogP contribution in [0, 0.1) is 0 Å². The van der Waals surface area contributed by atoms with Gasteiger partial charge in [0.2, 0.25) is 5.91 Å². The number of hydrogen-bond donors (Lipinski definition) is 2. The maximum atomic E-state index is 11.7. The number of halogens is 1. The SMILES string of the molecule is CO.O=C1CCCN1c1ccc(OCCN2CCCC2)c(Cl)c1.Oc1ccc(C2CC2)cc1. The van der Waals surface area contributed by atoms with E-state index in [2.05, 4.69) is 4.90 Å². The number of phenols is 1. The second-order valence-corrected chi connectivity index (χ2v) is 8.93. The van der Waals surface area contributed by atoms with Crippen molar-refractivity contribution in [3.05, 3.63) is 53.1 Å². The molecule has 0 atom stereocenters. The molecule has 1 amide bonds. The first-order valence-electron chi connectivity index (χ1n) is 11.8. The lowest BCUT2D eigenvalue weighted by atomic mass is 10.1. The van der Waals surface area contributed by atoms with E-state index in [0.29, 0.717) is 29.5 Å². The molecule has 5 rings (SSSR count). The first-order chi connectivity index (χ1) is 16.1. The predicted molar refractivity (Wildman–Crippen MR) is 132 cm³/mol. The van der Waals surface area contributed by atoms with Crippen LogP contribution in [0.1, 0.15) is 50.0 Å². The molecule has 1 saturated carbocycles. The minimum Gasteiger partial charge on any atom is -0.508 e. The van der Waals surface area contributed by atoms with Crippen molar-refractivity contribution >= 4 is 23.2 Å². The quantitative estimate of drug-likeness (QED) is 0.628. The Morgan fingerprint density at radius 2 is 1.70 bits per heavy atom. The first-order valence-corrected chi connectivity index (χ1v) is 12.2. The van der Waals surface area contributed by atoms with Gasteiger partial charge in [-0.05, 0) is 87.0 Å². The number of rotatable bonds is 6. The van der Waals surface area contributed by atoms with E-state index in [1.165, 1.54) is 44.3 Å². The maximum Gasteiger partial charge on any atom is 0.227 e. The van der Waals surface area contributed by atoms with E-state index >= 15 is 0 Å². The van der Waals surface area contributed by atoms with Crippen LogP contribution in [0.3, 0.4) is 0 Å². The molecule has 2 aromatic rings. The molecule has 2 aromatic carbocycles. The van der Waals surface area contributed by atoms with E-state index in [1.54, 1.807) is 17.0 Å². The topological polar surface area (TPSA) is 73.2 Å². The molecule has 2 N–H and O–H groups in total. The second kappa shape index (κ2) is 12.8. The summed E-state index contributed by atoms with van der Waals surface area (Å²) in [7, 11) is 1.00. The molecule has 0 radical (unpaired) electrons. The highest BCUT2D eigenvalue weighted by Gasteiger charge is 2.23. The smallest absolute Gasteiger partial charge is 0.227 e. The van der Waals surface area contributed by atoms with Crippen molar-refractivity contribution in [3.63, 3.8) is 0 Å². The fourth-order valence-electron chi connectivity index (χ4n) is 4.15. The number of nitrogens with zero attached hydrogens (tertiary/aromatic N) is 2. The van der Waals surface area contributed by atoms with Gasteiger partial charge >= 0.3 is 0 Å². The summed E-state index contributed by atoms with van der Waals surface area (Å²) in [6, 6.07) is 13.1. The number of ether oxygens (including phenoxy) is 1. The maximum absolute atomic E-state index is 11.7. The van der Waals surface area contributed by atoms with Crippen molar-refractivity contribution in [2.75, 3.05) is 44.8 Å². The third-order valence-corrected chi connectivity index (χ3v) is 6.40. The molecule has 2 aliphatic heterocycles. The van der Waals surface area contributed by atoms with Crippen LogP contribution in [0.15, 0.2) is 42.5 Å². The van der Waals surface area contributed by atoms with Crippen molar-refractivity contribution in [3.8, 4) is 11.5 Å². The van der Waals surface area contributed by atoms with Gasteiger partial charge in [-0.2, -0.15) is 0 Å². The molecular weight excluding hydrogens is 440 g/mol. The molecule has 1 aliphatic carbocycles. The van der Waals surface area contributed by atoms with Crippen LogP contribution < -0.4 is 9.64 Å².